The average molecular weight is 299 g/mol. The van der Waals surface area contributed by atoms with Crippen molar-refractivity contribution in [3.8, 4) is 17.1 Å². The number of ether oxygens (including phenoxy) is 1. The standard InChI is InChI=1S/C17H15ClN2O/c1-10-8-11(2)15-13(9-10)19-17(20-16(15)18)12-6-4-5-7-14(12)21-3/h4-9H,1-3H3. The van der Waals surface area contributed by atoms with Gasteiger partial charge in [-0.15, -0.1) is 0 Å². The molecular formula is C17H15ClN2O. The summed E-state index contributed by atoms with van der Waals surface area (Å²) in [7, 11) is 1.63. The molecule has 0 saturated carbocycles. The van der Waals surface area contributed by atoms with Gasteiger partial charge in [0.15, 0.2) is 5.82 Å². The van der Waals surface area contributed by atoms with Crippen molar-refractivity contribution >= 4 is 22.5 Å². The molecule has 0 unspecified atom stereocenters. The fourth-order valence-electron chi connectivity index (χ4n) is 2.54. The highest BCUT2D eigenvalue weighted by Gasteiger charge is 2.13. The lowest BCUT2D eigenvalue weighted by molar-refractivity contribution is 0.416. The van der Waals surface area contributed by atoms with E-state index >= 15 is 0 Å². The van der Waals surface area contributed by atoms with Crippen molar-refractivity contribution < 1.29 is 4.74 Å². The Labute approximate surface area is 128 Å². The van der Waals surface area contributed by atoms with Crippen LogP contribution >= 0.6 is 11.6 Å². The minimum Gasteiger partial charge on any atom is -0.496 e. The van der Waals surface area contributed by atoms with Crippen LogP contribution < -0.4 is 4.74 Å². The van der Waals surface area contributed by atoms with Crippen LogP contribution in [0.5, 0.6) is 5.75 Å². The van der Waals surface area contributed by atoms with Gasteiger partial charge in [-0.1, -0.05) is 29.8 Å². The number of methoxy groups -OCH3 is 1. The number of nitrogens with zero attached hydrogens (tertiary/aromatic N) is 2. The third-order valence-electron chi connectivity index (χ3n) is 3.44. The summed E-state index contributed by atoms with van der Waals surface area (Å²) >= 11 is 6.37. The number of aryl methyl sites for hydroxylation is 2. The Morgan fingerprint density at radius 1 is 1.05 bits per heavy atom. The summed E-state index contributed by atoms with van der Waals surface area (Å²) in [5.74, 6) is 1.31. The lowest BCUT2D eigenvalue weighted by Gasteiger charge is -2.10. The first-order valence-electron chi connectivity index (χ1n) is 6.68. The van der Waals surface area contributed by atoms with E-state index in [9.17, 15) is 0 Å². The van der Waals surface area contributed by atoms with Crippen molar-refractivity contribution in [3.05, 3.63) is 52.7 Å². The maximum Gasteiger partial charge on any atom is 0.165 e. The molecule has 2 aromatic carbocycles. The number of hydrogen-bond acceptors (Lipinski definition) is 3. The van der Waals surface area contributed by atoms with E-state index in [1.54, 1.807) is 7.11 Å². The highest BCUT2D eigenvalue weighted by Crippen LogP contribution is 2.32. The molecular weight excluding hydrogens is 284 g/mol. The third-order valence-corrected chi connectivity index (χ3v) is 3.72. The molecule has 0 spiro atoms. The van der Waals surface area contributed by atoms with Crippen molar-refractivity contribution in [3.63, 3.8) is 0 Å². The molecule has 3 rings (SSSR count). The molecule has 1 heterocycles. The number of rotatable bonds is 2. The van der Waals surface area contributed by atoms with E-state index in [4.69, 9.17) is 16.3 Å². The Morgan fingerprint density at radius 2 is 1.81 bits per heavy atom. The highest BCUT2D eigenvalue weighted by molar-refractivity contribution is 6.34. The molecule has 0 aliphatic heterocycles. The summed E-state index contributed by atoms with van der Waals surface area (Å²) in [5, 5.41) is 1.37. The van der Waals surface area contributed by atoms with Gasteiger partial charge >= 0.3 is 0 Å². The summed E-state index contributed by atoms with van der Waals surface area (Å²) < 4.78 is 5.38. The van der Waals surface area contributed by atoms with Crippen LogP contribution in [0.15, 0.2) is 36.4 Å². The van der Waals surface area contributed by atoms with Gasteiger partial charge in [0.05, 0.1) is 18.2 Å². The first-order chi connectivity index (χ1) is 10.1. The quantitative estimate of drug-likeness (QED) is 0.650. The van der Waals surface area contributed by atoms with Gasteiger partial charge in [0.2, 0.25) is 0 Å². The summed E-state index contributed by atoms with van der Waals surface area (Å²) in [6.07, 6.45) is 0. The van der Waals surface area contributed by atoms with E-state index in [-0.39, 0.29) is 0 Å². The Balaban J connectivity index is 2.30. The van der Waals surface area contributed by atoms with Gasteiger partial charge in [0.1, 0.15) is 10.9 Å². The summed E-state index contributed by atoms with van der Waals surface area (Å²) in [4.78, 5) is 9.11. The van der Waals surface area contributed by atoms with Gasteiger partial charge in [0.25, 0.3) is 0 Å². The van der Waals surface area contributed by atoms with Crippen LogP contribution in [-0.2, 0) is 0 Å². The van der Waals surface area contributed by atoms with Crippen molar-refractivity contribution in [1.82, 2.24) is 9.97 Å². The van der Waals surface area contributed by atoms with E-state index in [2.05, 4.69) is 16.0 Å². The van der Waals surface area contributed by atoms with E-state index in [1.165, 1.54) is 0 Å². The largest absolute Gasteiger partial charge is 0.496 e. The van der Waals surface area contributed by atoms with Crippen LogP contribution in [0.3, 0.4) is 0 Å². The maximum absolute atomic E-state index is 6.37. The number of benzene rings is 2. The van der Waals surface area contributed by atoms with Crippen molar-refractivity contribution in [2.24, 2.45) is 0 Å². The van der Waals surface area contributed by atoms with Gasteiger partial charge in [-0.25, -0.2) is 9.97 Å². The van der Waals surface area contributed by atoms with Gasteiger partial charge in [-0.2, -0.15) is 0 Å². The summed E-state index contributed by atoms with van der Waals surface area (Å²) in [6, 6.07) is 11.8. The number of fused-ring (bicyclic) bond motifs is 1. The molecule has 0 fully saturated rings. The molecule has 1 aromatic heterocycles. The molecule has 0 atom stereocenters. The molecule has 3 aromatic rings. The van der Waals surface area contributed by atoms with E-state index in [1.807, 2.05) is 44.2 Å². The molecule has 106 valence electrons. The Morgan fingerprint density at radius 3 is 2.57 bits per heavy atom. The van der Waals surface area contributed by atoms with Gasteiger partial charge in [-0.05, 0) is 43.2 Å². The van der Waals surface area contributed by atoms with Crippen LogP contribution in [0, 0.1) is 13.8 Å². The number of para-hydroxylation sites is 1. The zero-order chi connectivity index (χ0) is 15.0. The predicted octanol–water partition coefficient (Wildman–Crippen LogP) is 4.58. The molecule has 0 N–H and O–H groups in total. The Kier molecular flexibility index (Phi) is 3.52. The maximum atomic E-state index is 6.37. The zero-order valence-corrected chi connectivity index (χ0v) is 12.9. The second kappa shape index (κ2) is 5.34. The smallest absolute Gasteiger partial charge is 0.165 e. The molecule has 0 bridgehead atoms. The summed E-state index contributed by atoms with van der Waals surface area (Å²) in [5.41, 5.74) is 3.93. The third kappa shape index (κ3) is 2.45. The number of aromatic nitrogens is 2. The van der Waals surface area contributed by atoms with E-state index in [0.29, 0.717) is 11.0 Å². The monoisotopic (exact) mass is 298 g/mol. The van der Waals surface area contributed by atoms with Gasteiger partial charge < -0.3 is 4.74 Å². The average Bonchev–Trinajstić information content (AvgIpc) is 2.45. The molecule has 0 saturated heterocycles. The molecule has 0 radical (unpaired) electrons. The first-order valence-corrected chi connectivity index (χ1v) is 7.06. The van der Waals surface area contributed by atoms with E-state index < -0.39 is 0 Å². The molecule has 21 heavy (non-hydrogen) atoms. The SMILES string of the molecule is COc1ccccc1-c1nc(Cl)c2c(C)cc(C)cc2n1. The Bertz CT molecular complexity index is 830. The Hall–Kier alpha value is -2.13. The van der Waals surface area contributed by atoms with Crippen LogP contribution in [0.4, 0.5) is 0 Å². The molecule has 3 nitrogen and oxygen atoms in total. The minimum atomic E-state index is 0.471. The lowest BCUT2D eigenvalue weighted by Crippen LogP contribution is -1.96. The number of halogens is 1. The predicted molar refractivity (Wildman–Crippen MR) is 86.0 cm³/mol. The molecule has 0 aliphatic rings. The fraction of sp³-hybridized carbons (Fsp3) is 0.176. The second-order valence-electron chi connectivity index (χ2n) is 5.01. The molecule has 4 heteroatoms. The van der Waals surface area contributed by atoms with Gasteiger partial charge in [-0.3, -0.25) is 0 Å². The van der Waals surface area contributed by atoms with Crippen LogP contribution in [0.1, 0.15) is 11.1 Å². The summed E-state index contributed by atoms with van der Waals surface area (Å²) in [6.45, 7) is 4.07. The molecule has 0 aliphatic carbocycles. The van der Waals surface area contributed by atoms with E-state index in [0.717, 1.165) is 33.3 Å². The van der Waals surface area contributed by atoms with Crippen molar-refractivity contribution in [1.29, 1.82) is 0 Å². The number of hydrogen-bond donors (Lipinski definition) is 0. The van der Waals surface area contributed by atoms with Crippen LogP contribution in [0.25, 0.3) is 22.3 Å². The lowest BCUT2D eigenvalue weighted by atomic mass is 10.1. The van der Waals surface area contributed by atoms with Crippen LogP contribution in [0.2, 0.25) is 5.15 Å². The first kappa shape index (κ1) is 13.8. The fourth-order valence-corrected chi connectivity index (χ4v) is 2.87. The van der Waals surface area contributed by atoms with Crippen molar-refractivity contribution in [2.45, 2.75) is 13.8 Å². The normalized spacial score (nSPS) is 10.9. The van der Waals surface area contributed by atoms with Gasteiger partial charge in [0, 0.05) is 5.39 Å². The zero-order valence-electron chi connectivity index (χ0n) is 12.1. The highest BCUT2D eigenvalue weighted by atomic mass is 35.5. The molecule has 0 amide bonds. The van der Waals surface area contributed by atoms with Crippen LogP contribution in [-0.4, -0.2) is 17.1 Å². The topological polar surface area (TPSA) is 35.0 Å². The minimum absolute atomic E-state index is 0.471. The second-order valence-corrected chi connectivity index (χ2v) is 5.37. The van der Waals surface area contributed by atoms with Crippen molar-refractivity contribution in [2.75, 3.05) is 7.11 Å².